The first-order valence-electron chi connectivity index (χ1n) is 4.75. The molecule has 0 saturated carbocycles. The molecule has 0 bridgehead atoms. The third-order valence-corrected chi connectivity index (χ3v) is 2.42. The molecule has 1 aromatic heterocycles. The van der Waals surface area contributed by atoms with Crippen molar-refractivity contribution >= 4 is 22.6 Å². The largest absolute Gasteiger partial charge is 0.481 e. The summed E-state index contributed by atoms with van der Waals surface area (Å²) in [6, 6.07) is 7.67. The van der Waals surface area contributed by atoms with Gasteiger partial charge in [-0.2, -0.15) is 0 Å². The van der Waals surface area contributed by atoms with Crippen LogP contribution in [0.2, 0.25) is 0 Å². The highest BCUT2D eigenvalue weighted by Gasteiger charge is 2.08. The first kappa shape index (κ1) is 9.58. The van der Waals surface area contributed by atoms with E-state index in [2.05, 4.69) is 4.98 Å². The Balaban J connectivity index is 2.36. The molecule has 0 radical (unpaired) electrons. The number of para-hydroxylation sites is 1. The zero-order valence-corrected chi connectivity index (χ0v) is 8.16. The zero-order chi connectivity index (χ0) is 10.8. The van der Waals surface area contributed by atoms with E-state index in [4.69, 9.17) is 10.8 Å². The molecule has 0 unspecified atom stereocenters. The van der Waals surface area contributed by atoms with Gasteiger partial charge >= 0.3 is 5.97 Å². The Morgan fingerprint density at radius 2 is 2.13 bits per heavy atom. The standard InChI is InChI=1S/C11H12N2O2/c12-11-7-3-1-2-4-8(7)13-9(11)5-6-10(14)15/h1-4,13H,5-6,12H2,(H,14,15). The molecule has 4 nitrogen and oxygen atoms in total. The Morgan fingerprint density at radius 3 is 2.80 bits per heavy atom. The van der Waals surface area contributed by atoms with Gasteiger partial charge in [0, 0.05) is 16.6 Å². The number of aromatic nitrogens is 1. The normalized spacial score (nSPS) is 10.7. The number of hydrogen-bond donors (Lipinski definition) is 3. The Kier molecular flexibility index (Phi) is 2.33. The van der Waals surface area contributed by atoms with Gasteiger partial charge in [0.1, 0.15) is 0 Å². The van der Waals surface area contributed by atoms with Gasteiger partial charge in [-0.1, -0.05) is 18.2 Å². The summed E-state index contributed by atoms with van der Waals surface area (Å²) < 4.78 is 0. The highest BCUT2D eigenvalue weighted by molar-refractivity contribution is 5.93. The zero-order valence-electron chi connectivity index (χ0n) is 8.16. The van der Waals surface area contributed by atoms with Gasteiger partial charge in [0.05, 0.1) is 12.1 Å². The Labute approximate surface area is 86.7 Å². The number of H-pyrrole nitrogens is 1. The summed E-state index contributed by atoms with van der Waals surface area (Å²) in [6.45, 7) is 0. The van der Waals surface area contributed by atoms with Crippen molar-refractivity contribution in [2.75, 3.05) is 5.73 Å². The molecule has 0 aliphatic rings. The van der Waals surface area contributed by atoms with E-state index in [0.29, 0.717) is 12.1 Å². The number of benzene rings is 1. The lowest BCUT2D eigenvalue weighted by molar-refractivity contribution is -0.136. The second-order valence-corrected chi connectivity index (χ2v) is 3.46. The number of rotatable bonds is 3. The van der Waals surface area contributed by atoms with Gasteiger partial charge in [0.25, 0.3) is 0 Å². The highest BCUT2D eigenvalue weighted by Crippen LogP contribution is 2.25. The second-order valence-electron chi connectivity index (χ2n) is 3.46. The molecule has 2 aromatic rings. The summed E-state index contributed by atoms with van der Waals surface area (Å²) >= 11 is 0. The van der Waals surface area contributed by atoms with Crippen LogP contribution in [0, 0.1) is 0 Å². The maximum Gasteiger partial charge on any atom is 0.303 e. The molecule has 0 atom stereocenters. The minimum Gasteiger partial charge on any atom is -0.481 e. The first-order chi connectivity index (χ1) is 7.18. The number of anilines is 1. The summed E-state index contributed by atoms with van der Waals surface area (Å²) in [4.78, 5) is 13.6. The molecule has 0 spiro atoms. The molecule has 0 amide bonds. The minimum atomic E-state index is -0.812. The maximum atomic E-state index is 10.4. The number of fused-ring (bicyclic) bond motifs is 1. The maximum absolute atomic E-state index is 10.4. The van der Waals surface area contributed by atoms with Gasteiger partial charge in [-0.25, -0.2) is 0 Å². The van der Waals surface area contributed by atoms with Gasteiger partial charge in [-0.05, 0) is 12.5 Å². The molecule has 1 heterocycles. The fourth-order valence-corrected chi connectivity index (χ4v) is 1.65. The number of nitrogens with two attached hydrogens (primary N) is 1. The molecule has 0 fully saturated rings. The van der Waals surface area contributed by atoms with Crippen molar-refractivity contribution in [1.29, 1.82) is 0 Å². The van der Waals surface area contributed by atoms with Crippen molar-refractivity contribution in [3.05, 3.63) is 30.0 Å². The Morgan fingerprint density at radius 1 is 1.40 bits per heavy atom. The average Bonchev–Trinajstić information content (AvgIpc) is 2.54. The van der Waals surface area contributed by atoms with Crippen LogP contribution in [0.3, 0.4) is 0 Å². The van der Waals surface area contributed by atoms with Gasteiger partial charge in [0.15, 0.2) is 0 Å². The van der Waals surface area contributed by atoms with Crippen LogP contribution in [-0.4, -0.2) is 16.1 Å². The SMILES string of the molecule is Nc1c(CCC(=O)O)[nH]c2ccccc12. The number of carbonyl (C=O) groups is 1. The lowest BCUT2D eigenvalue weighted by Gasteiger charge is -1.96. The van der Waals surface area contributed by atoms with Crippen molar-refractivity contribution in [2.45, 2.75) is 12.8 Å². The average molecular weight is 204 g/mol. The molecule has 2 rings (SSSR count). The fraction of sp³-hybridized carbons (Fsp3) is 0.182. The van der Waals surface area contributed by atoms with E-state index in [9.17, 15) is 4.79 Å². The smallest absolute Gasteiger partial charge is 0.303 e. The molecule has 0 aliphatic heterocycles. The molecule has 1 aromatic carbocycles. The third-order valence-electron chi connectivity index (χ3n) is 2.42. The molecular formula is C11H12N2O2. The Bertz CT molecular complexity index is 502. The summed E-state index contributed by atoms with van der Waals surface area (Å²) in [5.74, 6) is -0.812. The van der Waals surface area contributed by atoms with E-state index in [1.807, 2.05) is 24.3 Å². The molecule has 78 valence electrons. The van der Waals surface area contributed by atoms with Crippen molar-refractivity contribution in [2.24, 2.45) is 0 Å². The number of aromatic amines is 1. The highest BCUT2D eigenvalue weighted by atomic mass is 16.4. The fourth-order valence-electron chi connectivity index (χ4n) is 1.65. The number of carboxylic acids is 1. The van der Waals surface area contributed by atoms with Crippen molar-refractivity contribution < 1.29 is 9.90 Å². The number of hydrogen-bond acceptors (Lipinski definition) is 2. The van der Waals surface area contributed by atoms with Crippen LogP contribution in [0.5, 0.6) is 0 Å². The van der Waals surface area contributed by atoms with Gasteiger partial charge in [-0.3, -0.25) is 4.79 Å². The number of aliphatic carboxylic acids is 1. The third kappa shape index (κ3) is 1.79. The molecule has 15 heavy (non-hydrogen) atoms. The van der Waals surface area contributed by atoms with Gasteiger partial charge < -0.3 is 15.8 Å². The number of nitrogens with one attached hydrogen (secondary N) is 1. The van der Waals surface area contributed by atoms with E-state index in [1.165, 1.54) is 0 Å². The number of carboxylic acid groups (broad SMARTS) is 1. The molecule has 4 heteroatoms. The second kappa shape index (κ2) is 3.65. The molecule has 4 N–H and O–H groups in total. The Hall–Kier alpha value is -1.97. The number of nitrogen functional groups attached to an aromatic ring is 1. The summed E-state index contributed by atoms with van der Waals surface area (Å²) in [5, 5.41) is 9.54. The predicted octanol–water partition coefficient (Wildman–Crippen LogP) is 1.77. The van der Waals surface area contributed by atoms with Crippen molar-refractivity contribution in [1.82, 2.24) is 4.98 Å². The van der Waals surface area contributed by atoms with Crippen LogP contribution >= 0.6 is 0 Å². The monoisotopic (exact) mass is 204 g/mol. The lowest BCUT2D eigenvalue weighted by atomic mass is 10.2. The van der Waals surface area contributed by atoms with Gasteiger partial charge in [-0.15, -0.1) is 0 Å². The number of aryl methyl sites for hydroxylation is 1. The molecule has 0 aliphatic carbocycles. The van der Waals surface area contributed by atoms with Crippen LogP contribution in [0.1, 0.15) is 12.1 Å². The lowest BCUT2D eigenvalue weighted by Crippen LogP contribution is -1.99. The van der Waals surface area contributed by atoms with E-state index in [1.54, 1.807) is 0 Å². The first-order valence-corrected chi connectivity index (χ1v) is 4.75. The van der Waals surface area contributed by atoms with Crippen molar-refractivity contribution in [3.8, 4) is 0 Å². The summed E-state index contributed by atoms with van der Waals surface area (Å²) in [6.07, 6.45) is 0.535. The van der Waals surface area contributed by atoms with Crippen molar-refractivity contribution in [3.63, 3.8) is 0 Å². The van der Waals surface area contributed by atoms with Gasteiger partial charge in [0.2, 0.25) is 0 Å². The van der Waals surface area contributed by atoms with Crippen LogP contribution in [0.15, 0.2) is 24.3 Å². The quantitative estimate of drug-likeness (QED) is 0.712. The van der Waals surface area contributed by atoms with Crippen LogP contribution in [-0.2, 0) is 11.2 Å². The summed E-state index contributed by atoms with van der Waals surface area (Å²) in [7, 11) is 0. The van der Waals surface area contributed by atoms with E-state index in [-0.39, 0.29) is 6.42 Å². The van der Waals surface area contributed by atoms with Crippen LogP contribution in [0.4, 0.5) is 5.69 Å². The van der Waals surface area contributed by atoms with Crippen LogP contribution < -0.4 is 5.73 Å². The minimum absolute atomic E-state index is 0.0943. The van der Waals surface area contributed by atoms with E-state index in [0.717, 1.165) is 16.6 Å². The molecule has 0 saturated heterocycles. The molecular weight excluding hydrogens is 192 g/mol. The predicted molar refractivity (Wildman–Crippen MR) is 58.7 cm³/mol. The summed E-state index contributed by atoms with van der Waals surface area (Å²) in [5.41, 5.74) is 8.32. The van der Waals surface area contributed by atoms with Crippen LogP contribution in [0.25, 0.3) is 10.9 Å². The van der Waals surface area contributed by atoms with E-state index >= 15 is 0 Å². The topological polar surface area (TPSA) is 79.1 Å². The van der Waals surface area contributed by atoms with E-state index < -0.39 is 5.97 Å².